The van der Waals surface area contributed by atoms with Crippen LogP contribution in [0.15, 0.2) is 109 Å². The largest absolute Gasteiger partial charge is 0.534 e. The predicted octanol–water partition coefficient (Wildman–Crippen LogP) is 5.98. The zero-order valence-electron chi connectivity index (χ0n) is 27.9. The van der Waals surface area contributed by atoms with Crippen LogP contribution in [-0.2, 0) is 32.1 Å². The van der Waals surface area contributed by atoms with Crippen LogP contribution in [0.25, 0.3) is 0 Å². The molecule has 1 amide bonds. The summed E-state index contributed by atoms with van der Waals surface area (Å²) in [5, 5.41) is 4.90. The van der Waals surface area contributed by atoms with Gasteiger partial charge in [0.2, 0.25) is 5.91 Å². The van der Waals surface area contributed by atoms with Gasteiger partial charge < -0.3 is 19.2 Å². The minimum Gasteiger partial charge on any atom is -0.534 e. The van der Waals surface area contributed by atoms with Gasteiger partial charge >= 0.3 is 20.3 Å². The van der Waals surface area contributed by atoms with E-state index >= 15 is 0 Å². The van der Waals surface area contributed by atoms with Crippen LogP contribution in [0.1, 0.15) is 63.0 Å². The molecule has 1 fully saturated rings. The molecule has 1 aliphatic rings. The minimum atomic E-state index is -2.78. The summed E-state index contributed by atoms with van der Waals surface area (Å²) in [5.41, 5.74) is 1.48. The molecule has 4 aromatic rings. The van der Waals surface area contributed by atoms with E-state index in [-0.39, 0.29) is 17.6 Å². The highest BCUT2D eigenvalue weighted by molar-refractivity contribution is 7.00. The fraction of sp³-hybridized carbons (Fsp3) is 0.308. The van der Waals surface area contributed by atoms with Crippen LogP contribution in [0.5, 0.6) is 5.75 Å². The number of esters is 2. The summed E-state index contributed by atoms with van der Waals surface area (Å²) in [6.45, 7) is 12.2. The quantitative estimate of drug-likeness (QED) is 0.129. The van der Waals surface area contributed by atoms with Gasteiger partial charge in [-0.15, -0.1) is 0 Å². The zero-order chi connectivity index (χ0) is 33.8. The van der Waals surface area contributed by atoms with Crippen molar-refractivity contribution in [3.05, 3.63) is 126 Å². The average molecular weight is 650 g/mol. The highest BCUT2D eigenvalue weighted by atomic mass is 28.4. The molecule has 5 rings (SSSR count). The molecule has 0 spiro atoms. The van der Waals surface area contributed by atoms with Gasteiger partial charge in [-0.2, -0.15) is 0 Å². The fourth-order valence-corrected chi connectivity index (χ4v) is 10.4. The first kappa shape index (κ1) is 33.7. The Balaban J connectivity index is 1.24. The van der Waals surface area contributed by atoms with E-state index < -0.39 is 37.8 Å². The molecule has 0 radical (unpaired) electrons. The molecule has 1 saturated heterocycles. The van der Waals surface area contributed by atoms with E-state index in [0.29, 0.717) is 12.0 Å². The number of rotatable bonds is 10. The Kier molecular flexibility index (Phi) is 9.72. The van der Waals surface area contributed by atoms with Gasteiger partial charge in [0.25, 0.3) is 0 Å². The molecule has 2 atom stereocenters. The lowest BCUT2D eigenvalue weighted by Gasteiger charge is -2.43. The lowest BCUT2D eigenvalue weighted by atomic mass is 9.85. The summed E-state index contributed by atoms with van der Waals surface area (Å²) in [5.74, 6) is -0.849. The minimum absolute atomic E-state index is 0.0286. The Labute approximate surface area is 278 Å². The lowest BCUT2D eigenvalue weighted by molar-refractivity contribution is -0.158. The third kappa shape index (κ3) is 7.66. The van der Waals surface area contributed by atoms with Crippen molar-refractivity contribution >= 4 is 36.5 Å². The molecule has 0 aliphatic carbocycles. The van der Waals surface area contributed by atoms with Crippen molar-refractivity contribution in [2.24, 2.45) is 5.92 Å². The van der Waals surface area contributed by atoms with Crippen molar-refractivity contribution in [1.82, 2.24) is 5.32 Å². The average Bonchev–Trinajstić information content (AvgIpc) is 3.04. The summed E-state index contributed by atoms with van der Waals surface area (Å²) in [4.78, 5) is 37.7. The number of hydrogen-bond donors (Lipinski definition) is 1. The number of ether oxygens (including phenoxy) is 2. The molecule has 244 valence electrons. The van der Waals surface area contributed by atoms with E-state index in [0.717, 1.165) is 16.9 Å². The predicted molar refractivity (Wildman–Crippen MR) is 185 cm³/mol. The van der Waals surface area contributed by atoms with Gasteiger partial charge in [-0.1, -0.05) is 106 Å². The highest BCUT2D eigenvalue weighted by Gasteiger charge is 2.52. The van der Waals surface area contributed by atoms with Gasteiger partial charge in [0.1, 0.15) is 24.0 Å². The number of carbonyl (C=O) groups is 3. The molecule has 0 saturated carbocycles. The number of amides is 1. The molecule has 0 bridgehead atoms. The fourth-order valence-electron chi connectivity index (χ4n) is 5.94. The molecule has 4 aromatic carbocycles. The van der Waals surface area contributed by atoms with Gasteiger partial charge in [0.05, 0.1) is 11.5 Å². The van der Waals surface area contributed by atoms with E-state index in [1.807, 2.05) is 57.2 Å². The second-order valence-electron chi connectivity index (χ2n) is 14.0. The summed E-state index contributed by atoms with van der Waals surface area (Å²) < 4.78 is 18.0. The van der Waals surface area contributed by atoms with Crippen LogP contribution in [0, 0.1) is 5.92 Å². The molecule has 0 unspecified atom stereocenters. The summed E-state index contributed by atoms with van der Waals surface area (Å²) >= 11 is 0. The Hall–Kier alpha value is -4.69. The van der Waals surface area contributed by atoms with Crippen LogP contribution < -0.4 is 20.1 Å². The Bertz CT molecular complexity index is 1650. The first-order valence-electron chi connectivity index (χ1n) is 16.0. The van der Waals surface area contributed by atoms with Crippen molar-refractivity contribution in [3.63, 3.8) is 0 Å². The molecular formula is C39H43NO6Si. The van der Waals surface area contributed by atoms with E-state index in [4.69, 9.17) is 13.9 Å². The smallest absolute Gasteiger partial charge is 0.338 e. The maximum Gasteiger partial charge on any atom is 0.338 e. The number of nitrogens with one attached hydrogen (secondary N) is 1. The van der Waals surface area contributed by atoms with Gasteiger partial charge in [0, 0.05) is 0 Å². The van der Waals surface area contributed by atoms with Crippen molar-refractivity contribution in [3.8, 4) is 5.75 Å². The topological polar surface area (TPSA) is 90.9 Å². The zero-order valence-corrected chi connectivity index (χ0v) is 28.9. The number of hydrogen-bond acceptors (Lipinski definition) is 6. The first-order chi connectivity index (χ1) is 22.3. The number of benzene rings is 4. The van der Waals surface area contributed by atoms with E-state index in [1.165, 1.54) is 10.4 Å². The van der Waals surface area contributed by atoms with Crippen molar-refractivity contribution in [2.75, 3.05) is 0 Å². The normalized spacial score (nSPS) is 16.4. The van der Waals surface area contributed by atoms with Crippen molar-refractivity contribution < 1.29 is 28.3 Å². The maximum absolute atomic E-state index is 12.9. The third-order valence-corrected chi connectivity index (χ3v) is 13.3. The molecular weight excluding hydrogens is 607 g/mol. The number of carbonyl (C=O) groups excluding carboxylic acids is 3. The molecule has 1 N–H and O–H groups in total. The third-order valence-electron chi connectivity index (χ3n) is 8.33. The second-order valence-corrected chi connectivity index (χ2v) is 18.2. The molecule has 1 aliphatic heterocycles. The van der Waals surface area contributed by atoms with Gasteiger partial charge in [-0.3, -0.25) is 4.79 Å². The Morgan fingerprint density at radius 2 is 1.26 bits per heavy atom. The van der Waals surface area contributed by atoms with E-state index in [2.05, 4.69) is 74.6 Å². The molecule has 7 nitrogen and oxygen atoms in total. The molecule has 47 heavy (non-hydrogen) atoms. The van der Waals surface area contributed by atoms with Gasteiger partial charge in [-0.25, -0.2) is 9.59 Å². The lowest BCUT2D eigenvalue weighted by Crippen LogP contribution is -2.68. The van der Waals surface area contributed by atoms with E-state index in [9.17, 15) is 14.4 Å². The van der Waals surface area contributed by atoms with Gasteiger partial charge in [-0.05, 0) is 78.0 Å². The van der Waals surface area contributed by atoms with Crippen LogP contribution in [0.3, 0.4) is 0 Å². The molecule has 1 heterocycles. The van der Waals surface area contributed by atoms with Crippen LogP contribution in [0.2, 0.25) is 5.04 Å². The van der Waals surface area contributed by atoms with Crippen LogP contribution in [-0.4, -0.2) is 37.8 Å². The molecule has 8 heteroatoms. The first-order valence-corrected chi connectivity index (χ1v) is 17.9. The standard InChI is InChI=1S/C39H43NO6Si/c1-38(2,3)45-36(42)29-21-17-28(18-22-29)26-44-37(43)34-33(35(41)40-34)25-27-19-23-30(24-20-27)46-47(39(4,5)6,31-13-9-7-10-14-31)32-15-11-8-12-16-32/h7-24,33-34H,25-26H2,1-6H3,(H,40,41)/t33-,34-/m0/s1. The monoisotopic (exact) mass is 649 g/mol. The maximum atomic E-state index is 12.9. The SMILES string of the molecule is CC(C)(C)OC(=O)c1ccc(COC(=O)[C@H]2NC(=O)[C@H]2Cc2ccc(O[Si](c3ccccc3)(c3ccccc3)C(C)(C)C)cc2)cc1. The number of β-lactam (4-membered cyclic amide) rings is 1. The van der Waals surface area contributed by atoms with Crippen molar-refractivity contribution in [2.45, 2.75) is 71.3 Å². The van der Waals surface area contributed by atoms with Crippen LogP contribution in [0.4, 0.5) is 0 Å². The van der Waals surface area contributed by atoms with E-state index in [1.54, 1.807) is 24.3 Å². The second kappa shape index (κ2) is 13.6. The van der Waals surface area contributed by atoms with Crippen molar-refractivity contribution in [1.29, 1.82) is 0 Å². The molecule has 0 aromatic heterocycles. The highest BCUT2D eigenvalue weighted by Crippen LogP contribution is 2.37. The Morgan fingerprint density at radius 1 is 0.723 bits per heavy atom. The van der Waals surface area contributed by atoms with Crippen LogP contribution >= 0.6 is 0 Å². The Morgan fingerprint density at radius 3 is 1.74 bits per heavy atom. The summed E-state index contributed by atoms with van der Waals surface area (Å²) in [6, 6.07) is 34.8. The van der Waals surface area contributed by atoms with Gasteiger partial charge in [0.15, 0.2) is 0 Å². The summed E-state index contributed by atoms with van der Waals surface area (Å²) in [7, 11) is -2.78. The summed E-state index contributed by atoms with van der Waals surface area (Å²) in [6.07, 6.45) is 0.398.